The summed E-state index contributed by atoms with van der Waals surface area (Å²) in [5, 5.41) is 9.01. The molecule has 0 atom stereocenters. The minimum atomic E-state index is -0.133. The summed E-state index contributed by atoms with van der Waals surface area (Å²) in [6.07, 6.45) is 0. The van der Waals surface area contributed by atoms with Gasteiger partial charge in [-0.3, -0.25) is 4.79 Å². The van der Waals surface area contributed by atoms with E-state index in [1.54, 1.807) is 20.2 Å². The molecule has 1 amide bonds. The number of carbonyl (C=O) groups is 1. The lowest BCUT2D eigenvalue weighted by Gasteiger charge is -2.28. The van der Waals surface area contributed by atoms with Gasteiger partial charge in [-0.25, -0.2) is 0 Å². The summed E-state index contributed by atoms with van der Waals surface area (Å²) < 4.78 is 0.767. The first-order chi connectivity index (χ1) is 13.1. The predicted molar refractivity (Wildman–Crippen MR) is 120 cm³/mol. The second-order valence-electron chi connectivity index (χ2n) is 7.93. The lowest BCUT2D eigenvalue weighted by Crippen LogP contribution is -2.30. The molecule has 0 radical (unpaired) electrons. The average molecular weight is 449 g/mol. The first kappa shape index (κ1) is 21.9. The van der Waals surface area contributed by atoms with Crippen molar-refractivity contribution in [1.82, 2.24) is 15.3 Å². The van der Waals surface area contributed by atoms with E-state index < -0.39 is 0 Å². The molecule has 0 saturated heterocycles. The van der Waals surface area contributed by atoms with E-state index >= 15 is 0 Å². The van der Waals surface area contributed by atoms with Crippen LogP contribution in [-0.4, -0.2) is 43.6 Å². The van der Waals surface area contributed by atoms with Crippen molar-refractivity contribution < 1.29 is 4.79 Å². The second-order valence-corrected chi connectivity index (χ2v) is 8.73. The number of anilines is 4. The normalized spacial score (nSPS) is 11.1. The second kappa shape index (κ2) is 8.77. The molecule has 0 saturated carbocycles. The molecule has 7 nitrogen and oxygen atoms in total. The Morgan fingerprint density at radius 3 is 2.46 bits per heavy atom. The van der Waals surface area contributed by atoms with Crippen LogP contribution >= 0.6 is 15.9 Å². The highest BCUT2D eigenvalue weighted by molar-refractivity contribution is 9.10. The third-order valence-electron chi connectivity index (χ3n) is 4.11. The first-order valence-corrected chi connectivity index (χ1v) is 9.91. The van der Waals surface area contributed by atoms with E-state index in [2.05, 4.69) is 67.5 Å². The zero-order valence-corrected chi connectivity index (χ0v) is 19.2. The Kier molecular flexibility index (Phi) is 6.87. The van der Waals surface area contributed by atoms with Crippen LogP contribution in [0.1, 0.15) is 36.7 Å². The number of aromatic nitrogens is 2. The standard InChI is InChI=1S/C20H29BrN6O/c1-12-8-9-13(18(28)22-5)10-14(12)24-16-15(21)17(26-19(23-6)25-16)27(7)11-20(2,3)4/h8-10H,11H2,1-7H3,(H,22,28)(H2,23,24,25,26). The lowest BCUT2D eigenvalue weighted by atomic mass is 9.96. The van der Waals surface area contributed by atoms with E-state index in [1.807, 2.05) is 26.1 Å². The smallest absolute Gasteiger partial charge is 0.251 e. The fraction of sp³-hybridized carbons (Fsp3) is 0.450. The van der Waals surface area contributed by atoms with Crippen LogP contribution in [0.3, 0.4) is 0 Å². The van der Waals surface area contributed by atoms with Crippen molar-refractivity contribution in [2.45, 2.75) is 27.7 Å². The van der Waals surface area contributed by atoms with Crippen LogP contribution in [0, 0.1) is 12.3 Å². The summed E-state index contributed by atoms with van der Waals surface area (Å²) >= 11 is 3.66. The Balaban J connectivity index is 2.46. The van der Waals surface area contributed by atoms with Crippen LogP contribution in [0.2, 0.25) is 0 Å². The highest BCUT2D eigenvalue weighted by atomic mass is 79.9. The summed E-state index contributed by atoms with van der Waals surface area (Å²) in [7, 11) is 5.42. The maximum Gasteiger partial charge on any atom is 0.251 e. The van der Waals surface area contributed by atoms with Crippen LogP contribution in [0.5, 0.6) is 0 Å². The van der Waals surface area contributed by atoms with Crippen LogP contribution in [0.15, 0.2) is 22.7 Å². The Bertz CT molecular complexity index is 863. The van der Waals surface area contributed by atoms with Gasteiger partial charge in [-0.15, -0.1) is 0 Å². The number of rotatable bonds is 6. The first-order valence-electron chi connectivity index (χ1n) is 9.12. The Morgan fingerprint density at radius 1 is 1.21 bits per heavy atom. The quantitative estimate of drug-likeness (QED) is 0.614. The van der Waals surface area contributed by atoms with Crippen molar-refractivity contribution in [3.63, 3.8) is 0 Å². The third-order valence-corrected chi connectivity index (χ3v) is 4.84. The van der Waals surface area contributed by atoms with Gasteiger partial charge in [0.25, 0.3) is 5.91 Å². The molecule has 0 fully saturated rings. The maximum absolute atomic E-state index is 12.0. The maximum atomic E-state index is 12.0. The molecule has 0 bridgehead atoms. The van der Waals surface area contributed by atoms with Crippen LogP contribution < -0.4 is 20.9 Å². The molecule has 3 N–H and O–H groups in total. The fourth-order valence-electron chi connectivity index (χ4n) is 2.84. The van der Waals surface area contributed by atoms with Crippen molar-refractivity contribution in [1.29, 1.82) is 0 Å². The van der Waals surface area contributed by atoms with Gasteiger partial charge < -0.3 is 20.9 Å². The summed E-state index contributed by atoms with van der Waals surface area (Å²) in [6.45, 7) is 9.37. The number of nitrogens with zero attached hydrogens (tertiary/aromatic N) is 3. The zero-order chi connectivity index (χ0) is 21.1. The molecule has 0 spiro atoms. The number of benzene rings is 1. The Morgan fingerprint density at radius 2 is 1.89 bits per heavy atom. The highest BCUT2D eigenvalue weighted by Gasteiger charge is 2.20. The molecule has 0 aliphatic rings. The number of amides is 1. The van der Waals surface area contributed by atoms with Gasteiger partial charge in [-0.1, -0.05) is 26.8 Å². The predicted octanol–water partition coefficient (Wildman–Crippen LogP) is 4.17. The summed E-state index contributed by atoms with van der Waals surface area (Å²) in [5.41, 5.74) is 2.52. The molecular formula is C20H29BrN6O. The number of aryl methyl sites for hydroxylation is 1. The average Bonchev–Trinajstić information content (AvgIpc) is 2.62. The van der Waals surface area contributed by atoms with E-state index in [0.717, 1.165) is 28.1 Å². The van der Waals surface area contributed by atoms with Gasteiger partial charge in [0.2, 0.25) is 5.95 Å². The lowest BCUT2D eigenvalue weighted by molar-refractivity contribution is 0.0963. The minimum absolute atomic E-state index is 0.116. The van der Waals surface area contributed by atoms with E-state index in [1.165, 1.54) is 0 Å². The van der Waals surface area contributed by atoms with Gasteiger partial charge in [-0.2, -0.15) is 9.97 Å². The third kappa shape index (κ3) is 5.34. The molecule has 0 unspecified atom stereocenters. The largest absolute Gasteiger partial charge is 0.358 e. The van der Waals surface area contributed by atoms with Gasteiger partial charge in [0.15, 0.2) is 11.6 Å². The van der Waals surface area contributed by atoms with E-state index in [-0.39, 0.29) is 11.3 Å². The summed E-state index contributed by atoms with van der Waals surface area (Å²) in [6, 6.07) is 5.53. The molecule has 1 aromatic heterocycles. The number of nitrogens with one attached hydrogen (secondary N) is 3. The van der Waals surface area contributed by atoms with Crippen molar-refractivity contribution >= 4 is 45.1 Å². The topological polar surface area (TPSA) is 82.2 Å². The van der Waals surface area contributed by atoms with Crippen molar-refractivity contribution in [3.05, 3.63) is 33.8 Å². The summed E-state index contributed by atoms with van der Waals surface area (Å²) in [5.74, 6) is 1.80. The van der Waals surface area contributed by atoms with E-state index in [9.17, 15) is 4.79 Å². The molecule has 152 valence electrons. The summed E-state index contributed by atoms with van der Waals surface area (Å²) in [4.78, 5) is 23.3. The van der Waals surface area contributed by atoms with Crippen molar-refractivity contribution in [2.24, 2.45) is 5.41 Å². The number of halogens is 1. The van der Waals surface area contributed by atoms with Crippen LogP contribution in [0.4, 0.5) is 23.3 Å². The van der Waals surface area contributed by atoms with Crippen molar-refractivity contribution in [3.8, 4) is 0 Å². The molecule has 2 rings (SSSR count). The van der Waals surface area contributed by atoms with E-state index in [0.29, 0.717) is 17.3 Å². The number of hydrogen-bond donors (Lipinski definition) is 3. The Labute approximate surface area is 175 Å². The van der Waals surface area contributed by atoms with Gasteiger partial charge in [0, 0.05) is 38.9 Å². The number of hydrogen-bond acceptors (Lipinski definition) is 6. The minimum Gasteiger partial charge on any atom is -0.358 e. The van der Waals surface area contributed by atoms with Gasteiger partial charge in [0.05, 0.1) is 0 Å². The fourth-order valence-corrected chi connectivity index (χ4v) is 3.42. The van der Waals surface area contributed by atoms with Crippen molar-refractivity contribution in [2.75, 3.05) is 43.2 Å². The van der Waals surface area contributed by atoms with Gasteiger partial charge >= 0.3 is 0 Å². The molecule has 8 heteroatoms. The number of carbonyl (C=O) groups excluding carboxylic acids is 1. The van der Waals surface area contributed by atoms with Crippen LogP contribution in [0.25, 0.3) is 0 Å². The Hall–Kier alpha value is -2.35. The molecule has 28 heavy (non-hydrogen) atoms. The molecule has 1 aromatic carbocycles. The molecule has 2 aromatic rings. The van der Waals surface area contributed by atoms with Gasteiger partial charge in [0.1, 0.15) is 4.47 Å². The molecular weight excluding hydrogens is 420 g/mol. The SMILES string of the molecule is CNC(=O)c1ccc(C)c(Nc2nc(NC)nc(N(C)CC(C)(C)C)c2Br)c1. The van der Waals surface area contributed by atoms with E-state index in [4.69, 9.17) is 0 Å². The monoisotopic (exact) mass is 448 g/mol. The molecule has 0 aliphatic heterocycles. The zero-order valence-electron chi connectivity index (χ0n) is 17.6. The molecule has 1 heterocycles. The highest BCUT2D eigenvalue weighted by Crippen LogP contribution is 2.35. The van der Waals surface area contributed by atoms with Gasteiger partial charge in [-0.05, 0) is 46.0 Å². The van der Waals surface area contributed by atoms with Crippen LogP contribution in [-0.2, 0) is 0 Å². The molecule has 0 aliphatic carbocycles.